The van der Waals surface area contributed by atoms with Gasteiger partial charge in [-0.15, -0.1) is 0 Å². The van der Waals surface area contributed by atoms with Gasteiger partial charge in [-0.25, -0.2) is 0 Å². The van der Waals surface area contributed by atoms with Crippen molar-refractivity contribution in [2.24, 2.45) is 17.6 Å². The minimum Gasteiger partial charge on any atom is -0.481 e. The summed E-state index contributed by atoms with van der Waals surface area (Å²) in [6.07, 6.45) is 15.0. The number of carboxylic acid groups (broad SMARTS) is 2. The Morgan fingerprint density at radius 3 is 0.932 bits per heavy atom. The molecule has 0 unspecified atom stereocenters. The number of likely N-dealkylation sites (N-methyl/N-ethyl adjacent to an activating group) is 2. The number of hydrogen-bond acceptors (Lipinski definition) is 18. The molecule has 5 aliphatic rings. The molecule has 103 heavy (non-hydrogen) atoms. The molecule has 5 saturated heterocycles. The molecule has 5 aliphatic heterocycles. The number of hydrogen-bond donors (Lipinski definition) is 4. The molecular formula is C79H116N8O16. The number of aliphatic carboxylic acids is 2. The van der Waals surface area contributed by atoms with Gasteiger partial charge in [0.15, 0.2) is 0 Å². The molecule has 4 aromatic rings. The van der Waals surface area contributed by atoms with E-state index in [0.717, 1.165) is 126 Å². The Morgan fingerprint density at radius 1 is 0.379 bits per heavy atom. The normalized spacial score (nSPS) is 15.8. The molecule has 5 heterocycles. The fourth-order valence-corrected chi connectivity index (χ4v) is 11.5. The van der Waals surface area contributed by atoms with Crippen molar-refractivity contribution in [3.05, 3.63) is 144 Å². The molecule has 5 fully saturated rings. The van der Waals surface area contributed by atoms with Crippen LogP contribution in [0.1, 0.15) is 165 Å². The van der Waals surface area contributed by atoms with E-state index in [2.05, 4.69) is 5.32 Å². The van der Waals surface area contributed by atoms with Crippen LogP contribution in [0.15, 0.2) is 121 Å². The Kier molecular flexibility index (Phi) is 42.8. The number of nitrogens with two attached hydrogens (primary N) is 1. The Balaban J connectivity index is 0.000000269. The summed E-state index contributed by atoms with van der Waals surface area (Å²) in [5.74, 6) is -3.20. The minimum absolute atomic E-state index is 0.0123. The zero-order valence-electron chi connectivity index (χ0n) is 61.8. The van der Waals surface area contributed by atoms with E-state index in [1.807, 2.05) is 167 Å². The number of benzene rings is 4. The van der Waals surface area contributed by atoms with Crippen LogP contribution in [0.3, 0.4) is 0 Å². The molecule has 0 bridgehead atoms. The number of carbonyl (C=O) groups excluding carboxylic acids is 8. The third-order valence-electron chi connectivity index (χ3n) is 18.1. The highest BCUT2D eigenvalue weighted by atomic mass is 16.5. The quantitative estimate of drug-likeness (QED) is 0.0279. The fraction of sp³-hybridized carbons (Fsp3) is 0.570. The molecule has 24 heteroatoms. The van der Waals surface area contributed by atoms with E-state index in [4.69, 9.17) is 34.9 Å². The van der Waals surface area contributed by atoms with Gasteiger partial charge < -0.3 is 59.8 Å². The first kappa shape index (κ1) is 86.8. The lowest BCUT2D eigenvalue weighted by Gasteiger charge is -2.23. The highest BCUT2D eigenvalue weighted by Crippen LogP contribution is 2.19. The average molecular weight is 1430 g/mol. The van der Waals surface area contributed by atoms with Gasteiger partial charge in [0, 0.05) is 84.5 Å². The van der Waals surface area contributed by atoms with Crippen molar-refractivity contribution >= 4 is 59.4 Å². The van der Waals surface area contributed by atoms with Crippen molar-refractivity contribution < 1.29 is 77.1 Å². The smallest absolute Gasteiger partial charge is 0.323 e. The second kappa shape index (κ2) is 50.7. The third-order valence-corrected chi connectivity index (χ3v) is 18.1. The Hall–Kier alpha value is -8.58. The van der Waals surface area contributed by atoms with E-state index in [1.54, 1.807) is 25.9 Å². The van der Waals surface area contributed by atoms with Gasteiger partial charge in [0.2, 0.25) is 23.6 Å². The van der Waals surface area contributed by atoms with Gasteiger partial charge in [-0.2, -0.15) is 0 Å². The number of ether oxygens (including phenoxy) is 4. The first-order valence-electron chi connectivity index (χ1n) is 36.7. The predicted molar refractivity (Wildman–Crippen MR) is 393 cm³/mol. The number of likely N-dealkylation sites (tertiary alicyclic amines) is 4. The molecule has 0 spiro atoms. The maximum absolute atomic E-state index is 12.3. The van der Waals surface area contributed by atoms with Crippen molar-refractivity contribution in [3.8, 4) is 0 Å². The lowest BCUT2D eigenvalue weighted by Crippen LogP contribution is -2.38. The largest absolute Gasteiger partial charge is 0.481 e. The summed E-state index contributed by atoms with van der Waals surface area (Å²) < 4.78 is 20.9. The van der Waals surface area contributed by atoms with Crippen molar-refractivity contribution in [2.45, 2.75) is 187 Å². The fourth-order valence-electron chi connectivity index (χ4n) is 11.5. The van der Waals surface area contributed by atoms with Crippen LogP contribution in [-0.4, -0.2) is 211 Å². The summed E-state index contributed by atoms with van der Waals surface area (Å²) in [5.41, 5.74) is 9.57. The maximum atomic E-state index is 12.3. The SMILES string of the molecule is C1CCNC1.CN(C)[C@H](CCC(=O)N1CCCC1)C(=O)O.CN(C)[C@H](CCC(=O)N1CCCC1)C(=O)OCc1ccccc1.C[C@H](CCC(=O)N1CCCC1)C(=O)OCc1ccccc1.C[C@H](CCC(=O)O)C(=O)OCc1ccccc1.N[C@H](CCC(=O)N1CCCC1)C(=O)OCc1ccccc1. The summed E-state index contributed by atoms with van der Waals surface area (Å²) in [6.45, 7) is 13.8. The Labute approximate surface area is 610 Å². The molecule has 0 radical (unpaired) electrons. The van der Waals surface area contributed by atoms with Crippen LogP contribution in [-0.2, 0) is 93.3 Å². The van der Waals surface area contributed by atoms with E-state index < -0.39 is 30.0 Å². The Morgan fingerprint density at radius 2 is 0.650 bits per heavy atom. The second-order valence-electron chi connectivity index (χ2n) is 27.0. The molecule has 0 aromatic heterocycles. The lowest BCUT2D eigenvalue weighted by atomic mass is 10.1. The zero-order valence-corrected chi connectivity index (χ0v) is 61.8. The number of esters is 4. The van der Waals surface area contributed by atoms with Crippen LogP contribution in [0, 0.1) is 11.8 Å². The van der Waals surface area contributed by atoms with E-state index in [9.17, 15) is 47.9 Å². The van der Waals surface area contributed by atoms with Crippen LogP contribution >= 0.6 is 0 Å². The van der Waals surface area contributed by atoms with Crippen molar-refractivity contribution in [1.82, 2.24) is 34.7 Å². The van der Waals surface area contributed by atoms with Gasteiger partial charge >= 0.3 is 35.8 Å². The van der Waals surface area contributed by atoms with Crippen LogP contribution in [0.5, 0.6) is 0 Å². The molecule has 0 saturated carbocycles. The standard InChI is InChI=1S/C18H26N2O3.C17H23NO3.C16H22N2O3.C13H16O4.C11H20N2O3.C4H9N/c1-19(2)16(10-11-17(21)20-12-6-7-13-20)18(22)23-14-15-8-4-3-5-9-15;1-14(9-10-16(19)18-11-5-6-12-18)17(20)21-13-15-7-3-2-4-8-15;17-14(8-9-15(19)18-10-4-5-11-18)16(20)21-12-13-6-2-1-3-7-13;1-10(7-8-12(14)15)13(16)17-9-11-5-3-2-4-6-11;1-12(2)9(11(15)16)5-6-10(14)13-7-3-4-8-13;1-2-4-5-3-1/h3-5,8-9,16H,6-7,10-14H2,1-2H3;2-4,7-8,14H,5-6,9-13H2,1H3;1-3,6-7,14H,4-5,8-12,17H2;2-6,10H,7-9H2,1H3,(H,14,15);9H,3-8H2,1-2H3,(H,15,16);5H,1-4H2/t16-;2*14-;10-;9-;/m11111./s1. The van der Waals surface area contributed by atoms with Gasteiger partial charge in [0.05, 0.1) is 11.8 Å². The van der Waals surface area contributed by atoms with Crippen LogP contribution in [0.25, 0.3) is 0 Å². The van der Waals surface area contributed by atoms with Gasteiger partial charge in [0.1, 0.15) is 44.6 Å². The van der Waals surface area contributed by atoms with Crippen LogP contribution in [0.2, 0.25) is 0 Å². The van der Waals surface area contributed by atoms with Gasteiger partial charge in [-0.05, 0) is 160 Å². The van der Waals surface area contributed by atoms with Gasteiger partial charge in [-0.3, -0.25) is 57.7 Å². The number of nitrogens with one attached hydrogen (secondary N) is 1. The molecular weight excluding hydrogens is 1320 g/mol. The van der Waals surface area contributed by atoms with E-state index in [0.29, 0.717) is 64.4 Å². The number of carbonyl (C=O) groups is 10. The monoisotopic (exact) mass is 1430 g/mol. The van der Waals surface area contributed by atoms with Crippen molar-refractivity contribution in [2.75, 3.05) is 93.6 Å². The molecule has 5 N–H and O–H groups in total. The molecule has 568 valence electrons. The zero-order chi connectivity index (χ0) is 75.2. The number of rotatable bonds is 30. The van der Waals surface area contributed by atoms with Crippen LogP contribution in [0.4, 0.5) is 0 Å². The molecule has 4 aromatic carbocycles. The van der Waals surface area contributed by atoms with E-state index in [-0.39, 0.29) is 85.7 Å². The average Bonchev–Trinajstić information content (AvgIpc) is 1.86. The number of nitrogens with zero attached hydrogens (tertiary/aromatic N) is 6. The Bertz CT molecular complexity index is 3000. The number of amides is 4. The first-order valence-corrected chi connectivity index (χ1v) is 36.7. The van der Waals surface area contributed by atoms with Gasteiger partial charge in [-0.1, -0.05) is 135 Å². The molecule has 4 amide bonds. The number of carboxylic acids is 2. The molecule has 24 nitrogen and oxygen atoms in total. The summed E-state index contributed by atoms with van der Waals surface area (Å²) in [6, 6.07) is 36.4. The lowest BCUT2D eigenvalue weighted by molar-refractivity contribution is -0.151. The van der Waals surface area contributed by atoms with Crippen LogP contribution < -0.4 is 11.1 Å². The molecule has 0 aliphatic carbocycles. The predicted octanol–water partition coefficient (Wildman–Crippen LogP) is 9.30. The van der Waals surface area contributed by atoms with E-state index in [1.165, 1.54) is 25.9 Å². The highest BCUT2D eigenvalue weighted by molar-refractivity contribution is 5.81. The van der Waals surface area contributed by atoms with Crippen molar-refractivity contribution in [3.63, 3.8) is 0 Å². The molecule has 9 rings (SSSR count). The topological polar surface area (TPSA) is 306 Å². The van der Waals surface area contributed by atoms with Gasteiger partial charge in [0.25, 0.3) is 0 Å². The van der Waals surface area contributed by atoms with E-state index >= 15 is 0 Å². The highest BCUT2D eigenvalue weighted by Gasteiger charge is 2.28. The maximum Gasteiger partial charge on any atom is 0.323 e. The van der Waals surface area contributed by atoms with Crippen molar-refractivity contribution in [1.29, 1.82) is 0 Å². The summed E-state index contributed by atoms with van der Waals surface area (Å²) in [7, 11) is 7.13. The first-order chi connectivity index (χ1) is 49.5. The minimum atomic E-state index is -0.896. The summed E-state index contributed by atoms with van der Waals surface area (Å²) in [5, 5.41) is 20.7. The summed E-state index contributed by atoms with van der Waals surface area (Å²) in [4.78, 5) is 127. The summed E-state index contributed by atoms with van der Waals surface area (Å²) >= 11 is 0. The second-order valence-corrected chi connectivity index (χ2v) is 27.0. The molecule has 5 atom stereocenters. The third kappa shape index (κ3) is 36.9.